The Morgan fingerprint density at radius 3 is 2.59 bits per heavy atom. The molecule has 114 valence electrons. The molecule has 0 spiro atoms. The highest BCUT2D eigenvalue weighted by molar-refractivity contribution is 7.98. The smallest absolute Gasteiger partial charge is 0.336 e. The Bertz CT molecular complexity index is 914. The van der Waals surface area contributed by atoms with Crippen molar-refractivity contribution in [1.29, 1.82) is 0 Å². The van der Waals surface area contributed by atoms with E-state index in [4.69, 9.17) is 10.3 Å². The molecule has 0 saturated carbocycles. The molecule has 3 aromatic rings. The standard InChI is InChI=1S/C15H16N4O2S/c1-8-4-12-11(6-14(20)21-13(12)5-9(8)2)7-22-15-18-17-10(3)19(15)16/h4-6H,7,16H2,1-3H3. The summed E-state index contributed by atoms with van der Waals surface area (Å²) in [5.74, 6) is 7.06. The molecule has 7 heteroatoms. The van der Waals surface area contributed by atoms with Crippen LogP contribution in [0.3, 0.4) is 0 Å². The van der Waals surface area contributed by atoms with Crippen LogP contribution in [0.4, 0.5) is 0 Å². The molecule has 2 N–H and O–H groups in total. The molecule has 0 amide bonds. The number of benzene rings is 1. The fraction of sp³-hybridized carbons (Fsp3) is 0.267. The summed E-state index contributed by atoms with van der Waals surface area (Å²) in [7, 11) is 0. The van der Waals surface area contributed by atoms with Gasteiger partial charge in [-0.15, -0.1) is 10.2 Å². The molecule has 6 nitrogen and oxygen atoms in total. The van der Waals surface area contributed by atoms with E-state index in [0.29, 0.717) is 22.3 Å². The quantitative estimate of drug-likeness (QED) is 0.453. The maximum Gasteiger partial charge on any atom is 0.336 e. The highest BCUT2D eigenvalue weighted by Crippen LogP contribution is 2.27. The first-order chi connectivity index (χ1) is 10.5. The van der Waals surface area contributed by atoms with Gasteiger partial charge in [-0.05, 0) is 49.6 Å². The molecule has 3 rings (SSSR count). The second-order valence-corrected chi connectivity index (χ2v) is 6.15. The first kappa shape index (κ1) is 14.6. The van der Waals surface area contributed by atoms with Crippen molar-refractivity contribution < 1.29 is 4.42 Å². The van der Waals surface area contributed by atoms with Gasteiger partial charge in [0.25, 0.3) is 0 Å². The van der Waals surface area contributed by atoms with Crippen LogP contribution in [0.1, 0.15) is 22.5 Å². The molecule has 0 bridgehead atoms. The van der Waals surface area contributed by atoms with Crippen LogP contribution < -0.4 is 11.5 Å². The summed E-state index contributed by atoms with van der Waals surface area (Å²) in [5.41, 5.74) is 3.41. The van der Waals surface area contributed by atoms with Crippen molar-refractivity contribution in [3.8, 4) is 0 Å². The Labute approximate surface area is 131 Å². The minimum Gasteiger partial charge on any atom is -0.423 e. The zero-order valence-corrected chi connectivity index (χ0v) is 13.4. The predicted octanol–water partition coefficient (Wildman–Crippen LogP) is 2.32. The number of hydrogen-bond donors (Lipinski definition) is 1. The van der Waals surface area contributed by atoms with Gasteiger partial charge in [-0.3, -0.25) is 0 Å². The zero-order valence-electron chi connectivity index (χ0n) is 12.6. The van der Waals surface area contributed by atoms with Gasteiger partial charge in [-0.1, -0.05) is 11.8 Å². The van der Waals surface area contributed by atoms with E-state index >= 15 is 0 Å². The molecule has 0 radical (unpaired) electrons. The third-order valence-electron chi connectivity index (χ3n) is 3.64. The molecule has 2 heterocycles. The Morgan fingerprint density at radius 1 is 1.18 bits per heavy atom. The average molecular weight is 316 g/mol. The number of nitrogens with zero attached hydrogens (tertiary/aromatic N) is 3. The summed E-state index contributed by atoms with van der Waals surface area (Å²) >= 11 is 1.44. The Hall–Kier alpha value is -2.28. The molecule has 0 saturated heterocycles. The number of nitrogen functional groups attached to an aromatic ring is 1. The first-order valence-corrected chi connectivity index (χ1v) is 7.78. The van der Waals surface area contributed by atoms with E-state index in [1.165, 1.54) is 22.5 Å². The maximum atomic E-state index is 11.7. The van der Waals surface area contributed by atoms with Crippen LogP contribution >= 0.6 is 11.8 Å². The fourth-order valence-electron chi connectivity index (χ4n) is 2.19. The molecular weight excluding hydrogens is 300 g/mol. The molecule has 22 heavy (non-hydrogen) atoms. The second-order valence-electron chi connectivity index (χ2n) is 5.21. The van der Waals surface area contributed by atoms with E-state index in [1.807, 2.05) is 26.0 Å². The highest BCUT2D eigenvalue weighted by Gasteiger charge is 2.11. The van der Waals surface area contributed by atoms with Crippen LogP contribution in [0.5, 0.6) is 0 Å². The van der Waals surface area contributed by atoms with Gasteiger partial charge < -0.3 is 10.3 Å². The van der Waals surface area contributed by atoms with Gasteiger partial charge >= 0.3 is 5.63 Å². The molecule has 0 aliphatic carbocycles. The van der Waals surface area contributed by atoms with Gasteiger partial charge in [-0.2, -0.15) is 0 Å². The summed E-state index contributed by atoms with van der Waals surface area (Å²) in [6.45, 7) is 5.82. The predicted molar refractivity (Wildman–Crippen MR) is 86.4 cm³/mol. The Balaban J connectivity index is 2.01. The molecular formula is C15H16N4O2S. The van der Waals surface area contributed by atoms with Crippen molar-refractivity contribution in [3.05, 3.63) is 51.1 Å². The third-order valence-corrected chi connectivity index (χ3v) is 4.63. The van der Waals surface area contributed by atoms with Crippen molar-refractivity contribution in [2.75, 3.05) is 5.84 Å². The minimum absolute atomic E-state index is 0.350. The van der Waals surface area contributed by atoms with Crippen LogP contribution in [0.15, 0.2) is 32.6 Å². The SMILES string of the molecule is Cc1cc2oc(=O)cc(CSc3nnc(C)n3N)c2cc1C. The third kappa shape index (κ3) is 2.59. The van der Waals surface area contributed by atoms with E-state index in [2.05, 4.69) is 10.2 Å². The first-order valence-electron chi connectivity index (χ1n) is 6.79. The molecule has 2 aromatic heterocycles. The summed E-state index contributed by atoms with van der Waals surface area (Å²) in [5, 5.41) is 9.49. The minimum atomic E-state index is -0.350. The normalized spacial score (nSPS) is 11.2. The van der Waals surface area contributed by atoms with E-state index in [1.54, 1.807) is 6.92 Å². The molecule has 0 aliphatic rings. The monoisotopic (exact) mass is 316 g/mol. The van der Waals surface area contributed by atoms with Crippen molar-refractivity contribution >= 4 is 22.7 Å². The van der Waals surface area contributed by atoms with Crippen molar-refractivity contribution in [1.82, 2.24) is 14.9 Å². The van der Waals surface area contributed by atoms with Crippen LogP contribution in [-0.2, 0) is 5.75 Å². The number of thioether (sulfide) groups is 1. The van der Waals surface area contributed by atoms with E-state index < -0.39 is 0 Å². The van der Waals surface area contributed by atoms with Crippen molar-refractivity contribution in [3.63, 3.8) is 0 Å². The number of nitrogens with two attached hydrogens (primary N) is 1. The van der Waals surface area contributed by atoms with Gasteiger partial charge in [0.1, 0.15) is 11.4 Å². The number of aryl methyl sites for hydroxylation is 3. The highest BCUT2D eigenvalue weighted by atomic mass is 32.2. The van der Waals surface area contributed by atoms with Gasteiger partial charge in [-0.25, -0.2) is 9.47 Å². The lowest BCUT2D eigenvalue weighted by Gasteiger charge is -2.08. The van der Waals surface area contributed by atoms with E-state index in [0.717, 1.165) is 22.1 Å². The number of fused-ring (bicyclic) bond motifs is 1. The summed E-state index contributed by atoms with van der Waals surface area (Å²) < 4.78 is 6.73. The van der Waals surface area contributed by atoms with Crippen LogP contribution in [0.25, 0.3) is 11.0 Å². The lowest BCUT2D eigenvalue weighted by Crippen LogP contribution is -2.11. The molecule has 0 unspecified atom stereocenters. The Morgan fingerprint density at radius 2 is 1.91 bits per heavy atom. The van der Waals surface area contributed by atoms with Crippen LogP contribution in [-0.4, -0.2) is 14.9 Å². The lowest BCUT2D eigenvalue weighted by molar-refractivity contribution is 0.559. The molecule has 0 fully saturated rings. The summed E-state index contributed by atoms with van der Waals surface area (Å²) in [4.78, 5) is 11.7. The molecule has 0 aliphatic heterocycles. The zero-order chi connectivity index (χ0) is 15.9. The van der Waals surface area contributed by atoms with Crippen LogP contribution in [0, 0.1) is 20.8 Å². The van der Waals surface area contributed by atoms with E-state index in [9.17, 15) is 4.79 Å². The van der Waals surface area contributed by atoms with E-state index in [-0.39, 0.29) is 5.63 Å². The summed E-state index contributed by atoms with van der Waals surface area (Å²) in [6, 6.07) is 5.46. The van der Waals surface area contributed by atoms with Gasteiger partial charge in [0.05, 0.1) is 0 Å². The fourth-order valence-corrected chi connectivity index (χ4v) is 3.09. The second kappa shape index (κ2) is 5.49. The number of aromatic nitrogens is 3. The number of rotatable bonds is 3. The topological polar surface area (TPSA) is 86.9 Å². The average Bonchev–Trinajstić information content (AvgIpc) is 2.78. The van der Waals surface area contributed by atoms with Crippen molar-refractivity contribution in [2.45, 2.75) is 31.7 Å². The number of hydrogen-bond acceptors (Lipinski definition) is 6. The van der Waals surface area contributed by atoms with Gasteiger partial charge in [0.15, 0.2) is 0 Å². The maximum absolute atomic E-state index is 11.7. The van der Waals surface area contributed by atoms with Crippen molar-refractivity contribution in [2.24, 2.45) is 0 Å². The van der Waals surface area contributed by atoms with Gasteiger partial charge in [0, 0.05) is 17.2 Å². The molecule has 0 atom stereocenters. The molecule has 1 aromatic carbocycles. The van der Waals surface area contributed by atoms with Gasteiger partial charge in [0.2, 0.25) is 5.16 Å². The lowest BCUT2D eigenvalue weighted by atomic mass is 10.0. The van der Waals surface area contributed by atoms with Crippen LogP contribution in [0.2, 0.25) is 0 Å². The largest absolute Gasteiger partial charge is 0.423 e. The summed E-state index contributed by atoms with van der Waals surface area (Å²) in [6.07, 6.45) is 0. The Kier molecular flexibility index (Phi) is 3.66.